The summed E-state index contributed by atoms with van der Waals surface area (Å²) in [7, 11) is 0. The summed E-state index contributed by atoms with van der Waals surface area (Å²) in [6.07, 6.45) is -1.41. The van der Waals surface area contributed by atoms with Crippen molar-refractivity contribution in [1.82, 2.24) is 9.88 Å². The van der Waals surface area contributed by atoms with E-state index in [9.17, 15) is 22.4 Å². The number of hydrogen-bond donors (Lipinski definition) is 0. The number of carbonyl (C=O) groups excluding carboxylic acids is 1. The Morgan fingerprint density at radius 2 is 1.83 bits per heavy atom. The van der Waals surface area contributed by atoms with Crippen molar-refractivity contribution in [3.63, 3.8) is 0 Å². The molecule has 2 fully saturated rings. The molecule has 0 aliphatic carbocycles. The SMILES string of the molecule is CC1(C)CC2(CCCN2C(=O)c2ncccc2C(F)(F)F)CN1c1ccc(F)cc1. The van der Waals surface area contributed by atoms with Gasteiger partial charge < -0.3 is 9.80 Å². The van der Waals surface area contributed by atoms with E-state index in [0.29, 0.717) is 32.4 Å². The summed E-state index contributed by atoms with van der Waals surface area (Å²) < 4.78 is 53.7. The summed E-state index contributed by atoms with van der Waals surface area (Å²) in [6.45, 7) is 4.94. The average Bonchev–Trinajstić information content (AvgIpc) is 3.20. The van der Waals surface area contributed by atoms with Gasteiger partial charge in [-0.2, -0.15) is 13.2 Å². The van der Waals surface area contributed by atoms with E-state index in [4.69, 9.17) is 0 Å². The van der Waals surface area contributed by atoms with E-state index in [1.807, 2.05) is 13.8 Å². The van der Waals surface area contributed by atoms with Gasteiger partial charge in [-0.25, -0.2) is 4.39 Å². The fraction of sp³-hybridized carbons (Fsp3) is 0.455. The largest absolute Gasteiger partial charge is 0.418 e. The van der Waals surface area contributed by atoms with Crippen molar-refractivity contribution in [2.45, 2.75) is 50.4 Å². The summed E-state index contributed by atoms with van der Waals surface area (Å²) in [5, 5.41) is 0. The summed E-state index contributed by atoms with van der Waals surface area (Å²) in [4.78, 5) is 20.8. The van der Waals surface area contributed by atoms with Crippen LogP contribution in [-0.4, -0.2) is 40.0 Å². The van der Waals surface area contributed by atoms with E-state index in [1.54, 1.807) is 17.0 Å². The third kappa shape index (κ3) is 3.42. The first-order chi connectivity index (χ1) is 14.0. The van der Waals surface area contributed by atoms with Gasteiger partial charge in [-0.05, 0) is 69.5 Å². The molecule has 1 aromatic carbocycles. The van der Waals surface area contributed by atoms with Crippen LogP contribution in [0.1, 0.15) is 49.2 Å². The summed E-state index contributed by atoms with van der Waals surface area (Å²) in [5.41, 5.74) is -1.67. The number of pyridine rings is 1. The summed E-state index contributed by atoms with van der Waals surface area (Å²) >= 11 is 0. The minimum absolute atomic E-state index is 0.335. The zero-order chi connectivity index (χ0) is 21.7. The molecule has 2 aromatic rings. The van der Waals surface area contributed by atoms with Gasteiger partial charge in [0.25, 0.3) is 5.91 Å². The van der Waals surface area contributed by atoms with Gasteiger partial charge in [0.05, 0.1) is 11.1 Å². The van der Waals surface area contributed by atoms with Crippen LogP contribution in [0.15, 0.2) is 42.6 Å². The summed E-state index contributed by atoms with van der Waals surface area (Å²) in [5.74, 6) is -1.02. The fourth-order valence-corrected chi connectivity index (χ4v) is 5.06. The van der Waals surface area contributed by atoms with Gasteiger partial charge in [-0.3, -0.25) is 9.78 Å². The van der Waals surface area contributed by atoms with Crippen molar-refractivity contribution >= 4 is 11.6 Å². The smallest absolute Gasteiger partial charge is 0.364 e. The number of aromatic nitrogens is 1. The van der Waals surface area contributed by atoms with Crippen molar-refractivity contribution in [1.29, 1.82) is 0 Å². The van der Waals surface area contributed by atoms with E-state index in [-0.39, 0.29) is 11.4 Å². The highest BCUT2D eigenvalue weighted by Gasteiger charge is 2.55. The van der Waals surface area contributed by atoms with Crippen molar-refractivity contribution < 1.29 is 22.4 Å². The standard InChI is InChI=1S/C22H23F4N3O/c1-20(2)13-21(14-29(20)16-8-6-15(23)7-9-16)10-4-12-28(21)19(30)18-17(22(24,25)26)5-3-11-27-18/h3,5-9,11H,4,10,12-14H2,1-2H3. The second-order valence-electron chi connectivity index (χ2n) is 8.73. The Morgan fingerprint density at radius 1 is 1.13 bits per heavy atom. The van der Waals surface area contributed by atoms with Gasteiger partial charge in [0.1, 0.15) is 11.5 Å². The Bertz CT molecular complexity index is 958. The van der Waals surface area contributed by atoms with Crippen molar-refractivity contribution in [2.24, 2.45) is 0 Å². The Hall–Kier alpha value is -2.64. The monoisotopic (exact) mass is 421 g/mol. The minimum atomic E-state index is -4.65. The zero-order valence-corrected chi connectivity index (χ0v) is 16.8. The first-order valence-corrected chi connectivity index (χ1v) is 9.91. The molecule has 3 heterocycles. The van der Waals surface area contributed by atoms with Crippen LogP contribution in [0.3, 0.4) is 0 Å². The van der Waals surface area contributed by atoms with Crippen molar-refractivity contribution in [3.05, 3.63) is 59.7 Å². The summed E-state index contributed by atoms with van der Waals surface area (Å²) in [6, 6.07) is 8.24. The molecule has 0 N–H and O–H groups in total. The van der Waals surface area contributed by atoms with Crippen LogP contribution in [-0.2, 0) is 6.18 Å². The molecule has 1 spiro atoms. The molecular weight excluding hydrogens is 398 g/mol. The van der Waals surface area contributed by atoms with E-state index in [0.717, 1.165) is 11.8 Å². The maximum Gasteiger partial charge on any atom is 0.418 e. The molecule has 30 heavy (non-hydrogen) atoms. The zero-order valence-electron chi connectivity index (χ0n) is 16.8. The quantitative estimate of drug-likeness (QED) is 0.647. The average molecular weight is 421 g/mol. The van der Waals surface area contributed by atoms with E-state index in [1.165, 1.54) is 24.4 Å². The fourth-order valence-electron chi connectivity index (χ4n) is 5.06. The first kappa shape index (κ1) is 20.6. The Morgan fingerprint density at radius 3 is 2.50 bits per heavy atom. The van der Waals surface area contributed by atoms with Crippen molar-refractivity contribution in [2.75, 3.05) is 18.0 Å². The molecule has 2 aliphatic heterocycles. The number of amides is 1. The van der Waals surface area contributed by atoms with E-state index >= 15 is 0 Å². The first-order valence-electron chi connectivity index (χ1n) is 9.91. The number of hydrogen-bond acceptors (Lipinski definition) is 3. The van der Waals surface area contributed by atoms with Crippen LogP contribution < -0.4 is 4.90 Å². The number of anilines is 1. The van der Waals surface area contributed by atoms with Gasteiger partial charge in [0, 0.05) is 30.5 Å². The normalized spacial score (nSPS) is 23.4. The van der Waals surface area contributed by atoms with Gasteiger partial charge in [0.2, 0.25) is 0 Å². The lowest BCUT2D eigenvalue weighted by molar-refractivity contribution is -0.138. The number of alkyl halides is 3. The third-order valence-electron chi connectivity index (χ3n) is 6.24. The molecule has 8 heteroatoms. The predicted molar refractivity (Wildman–Crippen MR) is 105 cm³/mol. The molecule has 2 aliphatic rings. The Kier molecular flexibility index (Phi) is 4.78. The molecule has 4 nitrogen and oxygen atoms in total. The second kappa shape index (κ2) is 6.96. The molecule has 160 valence electrons. The van der Waals surface area contributed by atoms with Crippen LogP contribution in [0.4, 0.5) is 23.2 Å². The number of halogens is 4. The number of benzene rings is 1. The molecule has 0 bridgehead atoms. The lowest BCUT2D eigenvalue weighted by Gasteiger charge is -2.35. The van der Waals surface area contributed by atoms with Crippen LogP contribution in [0.2, 0.25) is 0 Å². The molecule has 1 unspecified atom stereocenters. The Balaban J connectivity index is 1.69. The molecule has 0 radical (unpaired) electrons. The minimum Gasteiger partial charge on any atom is -0.364 e. The van der Waals surface area contributed by atoms with Crippen molar-refractivity contribution in [3.8, 4) is 0 Å². The van der Waals surface area contributed by atoms with Gasteiger partial charge in [0.15, 0.2) is 0 Å². The van der Waals surface area contributed by atoms with Crippen LogP contribution in [0.5, 0.6) is 0 Å². The Labute approximate surface area is 172 Å². The molecule has 1 atom stereocenters. The highest BCUT2D eigenvalue weighted by atomic mass is 19.4. The number of nitrogens with zero attached hydrogens (tertiary/aromatic N) is 3. The van der Waals surface area contributed by atoms with Crippen LogP contribution in [0.25, 0.3) is 0 Å². The number of carbonyl (C=O) groups is 1. The molecule has 4 rings (SSSR count). The number of likely N-dealkylation sites (tertiary alicyclic amines) is 1. The lowest BCUT2D eigenvalue weighted by Crippen LogP contribution is -2.49. The molecule has 2 saturated heterocycles. The predicted octanol–water partition coefficient (Wildman–Crippen LogP) is 4.90. The molecule has 0 saturated carbocycles. The van der Waals surface area contributed by atoms with Gasteiger partial charge in [-0.1, -0.05) is 0 Å². The molecular formula is C22H23F4N3O. The highest BCUT2D eigenvalue weighted by Crippen LogP contribution is 2.47. The van der Waals surface area contributed by atoms with Gasteiger partial charge in [-0.15, -0.1) is 0 Å². The second-order valence-corrected chi connectivity index (χ2v) is 8.73. The van der Waals surface area contributed by atoms with Crippen LogP contribution >= 0.6 is 0 Å². The third-order valence-corrected chi connectivity index (χ3v) is 6.24. The highest BCUT2D eigenvalue weighted by molar-refractivity contribution is 5.95. The van der Waals surface area contributed by atoms with E-state index in [2.05, 4.69) is 9.88 Å². The lowest BCUT2D eigenvalue weighted by atomic mass is 9.87. The van der Waals surface area contributed by atoms with Crippen LogP contribution in [0, 0.1) is 5.82 Å². The van der Waals surface area contributed by atoms with E-state index < -0.39 is 28.9 Å². The molecule has 1 aromatic heterocycles. The molecule has 1 amide bonds. The maximum atomic E-state index is 13.5. The topological polar surface area (TPSA) is 36.4 Å². The maximum absolute atomic E-state index is 13.5. The number of rotatable bonds is 2. The van der Waals surface area contributed by atoms with Gasteiger partial charge >= 0.3 is 6.18 Å².